The Morgan fingerprint density at radius 2 is 1.60 bits per heavy atom. The number of aromatic nitrogens is 2. The molecule has 0 atom stereocenters. The minimum absolute atomic E-state index is 0.766. The summed E-state index contributed by atoms with van der Waals surface area (Å²) in [5.41, 5.74) is 4.73. The van der Waals surface area contributed by atoms with E-state index in [0.29, 0.717) is 0 Å². The molecule has 8 nitrogen and oxygen atoms in total. The van der Waals surface area contributed by atoms with Crippen molar-refractivity contribution in [2.24, 2.45) is 0 Å². The molecule has 0 aliphatic carbocycles. The molecule has 35 heavy (non-hydrogen) atoms. The number of hydrogen-bond donors (Lipinski definition) is 0. The first-order valence-electron chi connectivity index (χ1n) is 12.1. The van der Waals surface area contributed by atoms with E-state index in [1.165, 1.54) is 16.9 Å². The average molecular weight is 476 g/mol. The van der Waals surface area contributed by atoms with E-state index in [0.717, 1.165) is 81.0 Å². The summed E-state index contributed by atoms with van der Waals surface area (Å²) in [4.78, 5) is 16.8. The van der Waals surface area contributed by atoms with Gasteiger partial charge in [0.15, 0.2) is 11.5 Å². The van der Waals surface area contributed by atoms with Crippen molar-refractivity contribution in [3.8, 4) is 17.2 Å². The second-order valence-corrected chi connectivity index (χ2v) is 8.93. The molecular weight excluding hydrogens is 442 g/mol. The van der Waals surface area contributed by atoms with Gasteiger partial charge in [-0.3, -0.25) is 4.90 Å². The first-order valence-corrected chi connectivity index (χ1v) is 12.1. The molecule has 1 aromatic heterocycles. The van der Waals surface area contributed by atoms with E-state index in [9.17, 15) is 0 Å². The molecule has 8 heteroatoms. The number of para-hydroxylation sites is 1. The Kier molecular flexibility index (Phi) is 6.90. The van der Waals surface area contributed by atoms with Crippen molar-refractivity contribution >= 4 is 11.6 Å². The number of anilines is 2. The van der Waals surface area contributed by atoms with Crippen molar-refractivity contribution in [1.82, 2.24) is 14.9 Å². The topological polar surface area (TPSA) is 63.2 Å². The Bertz CT molecular complexity index is 1150. The Morgan fingerprint density at radius 3 is 2.31 bits per heavy atom. The first-order chi connectivity index (χ1) is 17.2. The molecule has 0 N–H and O–H groups in total. The van der Waals surface area contributed by atoms with Crippen LogP contribution in [-0.2, 0) is 19.5 Å². The van der Waals surface area contributed by atoms with Crippen LogP contribution in [0.4, 0.5) is 11.6 Å². The lowest BCUT2D eigenvalue weighted by Gasteiger charge is -2.36. The molecular formula is C27H33N5O3. The highest BCUT2D eigenvalue weighted by Gasteiger charge is 2.24. The van der Waals surface area contributed by atoms with Gasteiger partial charge in [0.2, 0.25) is 5.95 Å². The number of rotatable bonds is 7. The molecule has 0 amide bonds. The predicted molar refractivity (Wildman–Crippen MR) is 137 cm³/mol. The van der Waals surface area contributed by atoms with E-state index in [4.69, 9.17) is 24.2 Å². The molecule has 1 saturated heterocycles. The van der Waals surface area contributed by atoms with Gasteiger partial charge in [-0.2, -0.15) is 0 Å². The van der Waals surface area contributed by atoms with Crippen LogP contribution in [0.3, 0.4) is 0 Å². The van der Waals surface area contributed by atoms with Crippen molar-refractivity contribution < 1.29 is 14.2 Å². The number of ether oxygens (including phenoxy) is 3. The minimum atomic E-state index is 0.766. The van der Waals surface area contributed by atoms with Gasteiger partial charge in [-0.1, -0.05) is 12.1 Å². The summed E-state index contributed by atoms with van der Waals surface area (Å²) in [6.45, 7) is 6.30. The summed E-state index contributed by atoms with van der Waals surface area (Å²) < 4.78 is 16.4. The average Bonchev–Trinajstić information content (AvgIpc) is 2.92. The molecule has 5 rings (SSSR count). The predicted octanol–water partition coefficient (Wildman–Crippen LogP) is 3.39. The van der Waals surface area contributed by atoms with Crippen molar-refractivity contribution in [3.05, 3.63) is 65.5 Å². The number of methoxy groups -OCH3 is 3. The molecule has 1 fully saturated rings. The molecule has 2 aliphatic heterocycles. The van der Waals surface area contributed by atoms with Crippen LogP contribution < -0.4 is 24.0 Å². The SMILES string of the molecule is COc1ccc(N2CCN(c3ncc4c(n3)CCN(Cc3cccc(OC)c3OC)C4)CC2)cc1. The largest absolute Gasteiger partial charge is 0.497 e. The van der Waals surface area contributed by atoms with Crippen LogP contribution in [0.2, 0.25) is 0 Å². The second kappa shape index (κ2) is 10.4. The fourth-order valence-corrected chi connectivity index (χ4v) is 4.93. The quantitative estimate of drug-likeness (QED) is 0.515. The van der Waals surface area contributed by atoms with E-state index < -0.39 is 0 Å². The summed E-state index contributed by atoms with van der Waals surface area (Å²) in [6, 6.07) is 14.3. The molecule has 2 aromatic carbocycles. The van der Waals surface area contributed by atoms with Gasteiger partial charge < -0.3 is 24.0 Å². The maximum Gasteiger partial charge on any atom is 0.225 e. The molecule has 0 radical (unpaired) electrons. The molecule has 3 heterocycles. The second-order valence-electron chi connectivity index (χ2n) is 8.93. The highest BCUT2D eigenvalue weighted by atomic mass is 16.5. The third-order valence-electron chi connectivity index (χ3n) is 6.88. The number of piperazine rings is 1. The summed E-state index contributed by atoms with van der Waals surface area (Å²) in [6.07, 6.45) is 2.94. The normalized spacial score (nSPS) is 16.1. The van der Waals surface area contributed by atoms with E-state index >= 15 is 0 Å². The van der Waals surface area contributed by atoms with Crippen molar-refractivity contribution in [3.63, 3.8) is 0 Å². The molecule has 3 aromatic rings. The Morgan fingerprint density at radius 1 is 0.829 bits per heavy atom. The number of hydrogen-bond acceptors (Lipinski definition) is 8. The zero-order valence-corrected chi connectivity index (χ0v) is 20.7. The van der Waals surface area contributed by atoms with Crippen molar-refractivity contribution in [2.75, 3.05) is 63.9 Å². The van der Waals surface area contributed by atoms with Gasteiger partial charge in [0, 0.05) is 75.2 Å². The zero-order valence-electron chi connectivity index (χ0n) is 20.7. The highest BCUT2D eigenvalue weighted by molar-refractivity contribution is 5.51. The van der Waals surface area contributed by atoms with Gasteiger partial charge in [-0.25, -0.2) is 9.97 Å². The third kappa shape index (κ3) is 4.98. The lowest BCUT2D eigenvalue weighted by Crippen LogP contribution is -2.47. The van der Waals surface area contributed by atoms with Crippen LogP contribution in [0, 0.1) is 0 Å². The maximum absolute atomic E-state index is 5.62. The fraction of sp³-hybridized carbons (Fsp3) is 0.407. The molecule has 0 saturated carbocycles. The van der Waals surface area contributed by atoms with Crippen LogP contribution in [0.1, 0.15) is 16.8 Å². The Hall–Kier alpha value is -3.52. The molecule has 0 bridgehead atoms. The number of nitrogens with zero attached hydrogens (tertiary/aromatic N) is 5. The maximum atomic E-state index is 5.62. The third-order valence-corrected chi connectivity index (χ3v) is 6.88. The van der Waals surface area contributed by atoms with E-state index in [1.54, 1.807) is 21.3 Å². The first kappa shape index (κ1) is 23.2. The minimum Gasteiger partial charge on any atom is -0.497 e. The summed E-state index contributed by atoms with van der Waals surface area (Å²) in [5, 5.41) is 0. The van der Waals surface area contributed by atoms with Gasteiger partial charge in [0.1, 0.15) is 5.75 Å². The van der Waals surface area contributed by atoms with Crippen LogP contribution >= 0.6 is 0 Å². The van der Waals surface area contributed by atoms with Crippen molar-refractivity contribution in [1.29, 1.82) is 0 Å². The molecule has 0 spiro atoms. The van der Waals surface area contributed by atoms with E-state index in [-0.39, 0.29) is 0 Å². The summed E-state index contributed by atoms with van der Waals surface area (Å²) in [5.74, 6) is 3.31. The van der Waals surface area contributed by atoms with Gasteiger partial charge in [-0.05, 0) is 30.3 Å². The van der Waals surface area contributed by atoms with E-state index in [2.05, 4.69) is 32.9 Å². The van der Waals surface area contributed by atoms with Gasteiger partial charge >= 0.3 is 0 Å². The van der Waals surface area contributed by atoms with Crippen LogP contribution in [-0.4, -0.2) is 68.9 Å². The zero-order chi connectivity index (χ0) is 24.2. The molecule has 2 aliphatic rings. The van der Waals surface area contributed by atoms with Gasteiger partial charge in [-0.15, -0.1) is 0 Å². The van der Waals surface area contributed by atoms with Crippen LogP contribution in [0.25, 0.3) is 0 Å². The number of fused-ring (bicyclic) bond motifs is 1. The lowest BCUT2D eigenvalue weighted by atomic mass is 10.1. The van der Waals surface area contributed by atoms with Crippen LogP contribution in [0.5, 0.6) is 17.2 Å². The Balaban J connectivity index is 1.21. The van der Waals surface area contributed by atoms with E-state index in [1.807, 2.05) is 30.5 Å². The standard InChI is InChI=1S/C27H33N5O3/c1-33-23-9-7-22(8-10-23)31-13-15-32(16-14-31)27-28-17-21-19-30(12-11-24(21)29-27)18-20-5-4-6-25(34-2)26(20)35-3/h4-10,17H,11-16,18-19H2,1-3H3. The lowest BCUT2D eigenvalue weighted by molar-refractivity contribution is 0.238. The summed E-state index contributed by atoms with van der Waals surface area (Å²) in [7, 11) is 5.06. The molecule has 184 valence electrons. The summed E-state index contributed by atoms with van der Waals surface area (Å²) >= 11 is 0. The molecule has 0 unspecified atom stereocenters. The smallest absolute Gasteiger partial charge is 0.225 e. The van der Waals surface area contributed by atoms with Crippen LogP contribution in [0.15, 0.2) is 48.7 Å². The number of benzene rings is 2. The fourth-order valence-electron chi connectivity index (χ4n) is 4.93. The Labute approximate surface area is 207 Å². The van der Waals surface area contributed by atoms with Crippen molar-refractivity contribution in [2.45, 2.75) is 19.5 Å². The highest BCUT2D eigenvalue weighted by Crippen LogP contribution is 2.32. The monoisotopic (exact) mass is 475 g/mol. The van der Waals surface area contributed by atoms with Gasteiger partial charge in [0.25, 0.3) is 0 Å². The van der Waals surface area contributed by atoms with Gasteiger partial charge in [0.05, 0.1) is 27.0 Å².